The van der Waals surface area contributed by atoms with Gasteiger partial charge >= 0.3 is 0 Å². The van der Waals surface area contributed by atoms with Gasteiger partial charge in [-0.1, -0.05) is 26.0 Å². The Bertz CT molecular complexity index is 484. The first-order chi connectivity index (χ1) is 8.36. The van der Waals surface area contributed by atoms with E-state index < -0.39 is 10.0 Å². The van der Waals surface area contributed by atoms with Crippen molar-refractivity contribution >= 4 is 15.7 Å². The quantitative estimate of drug-likeness (QED) is 0.859. The fourth-order valence-corrected chi connectivity index (χ4v) is 3.04. The van der Waals surface area contributed by atoms with Gasteiger partial charge in [0.15, 0.2) is 0 Å². The Morgan fingerprint density at radius 3 is 2.56 bits per heavy atom. The van der Waals surface area contributed by atoms with Crippen molar-refractivity contribution in [3.8, 4) is 0 Å². The van der Waals surface area contributed by atoms with Crippen LogP contribution in [0.15, 0.2) is 24.3 Å². The third-order valence-corrected chi connectivity index (χ3v) is 4.68. The maximum Gasteiger partial charge on any atom is 0.234 e. The molecule has 102 valence electrons. The molecule has 18 heavy (non-hydrogen) atoms. The fraction of sp³-hybridized carbons (Fsp3) is 0.538. The largest absolute Gasteiger partial charge is 0.326 e. The van der Waals surface area contributed by atoms with Crippen LogP contribution in [-0.4, -0.2) is 21.2 Å². The Hall–Kier alpha value is -1.07. The van der Waals surface area contributed by atoms with Gasteiger partial charge in [0.05, 0.1) is 11.4 Å². The van der Waals surface area contributed by atoms with E-state index in [1.165, 1.54) is 4.31 Å². The summed E-state index contributed by atoms with van der Waals surface area (Å²) >= 11 is 0. The minimum Gasteiger partial charge on any atom is -0.326 e. The molecule has 0 atom stereocenters. The maximum absolute atomic E-state index is 12.1. The van der Waals surface area contributed by atoms with E-state index in [-0.39, 0.29) is 5.75 Å². The van der Waals surface area contributed by atoms with Gasteiger partial charge in [-0.2, -0.15) is 0 Å². The Morgan fingerprint density at radius 2 is 2.00 bits per heavy atom. The zero-order valence-corrected chi connectivity index (χ0v) is 12.1. The van der Waals surface area contributed by atoms with E-state index in [1.807, 2.05) is 32.0 Å². The van der Waals surface area contributed by atoms with E-state index in [9.17, 15) is 8.42 Å². The molecule has 1 aromatic carbocycles. The lowest BCUT2D eigenvalue weighted by molar-refractivity contribution is 0.572. The molecule has 4 nitrogen and oxygen atoms in total. The van der Waals surface area contributed by atoms with Crippen LogP contribution in [0.2, 0.25) is 0 Å². The van der Waals surface area contributed by atoms with Gasteiger partial charge in [-0.05, 0) is 30.0 Å². The van der Waals surface area contributed by atoms with Crippen molar-refractivity contribution in [3.63, 3.8) is 0 Å². The Balaban J connectivity index is 2.87. The lowest BCUT2D eigenvalue weighted by atomic mass is 10.2. The zero-order chi connectivity index (χ0) is 13.8. The topological polar surface area (TPSA) is 63.4 Å². The van der Waals surface area contributed by atoms with E-state index in [2.05, 4.69) is 0 Å². The van der Waals surface area contributed by atoms with Crippen molar-refractivity contribution in [3.05, 3.63) is 29.8 Å². The van der Waals surface area contributed by atoms with Crippen LogP contribution in [0.4, 0.5) is 5.69 Å². The van der Waals surface area contributed by atoms with Crippen LogP contribution in [0.5, 0.6) is 0 Å². The number of sulfonamides is 1. The molecule has 0 spiro atoms. The molecule has 0 radical (unpaired) electrons. The smallest absolute Gasteiger partial charge is 0.234 e. The molecule has 0 amide bonds. The van der Waals surface area contributed by atoms with Gasteiger partial charge in [0.25, 0.3) is 0 Å². The van der Waals surface area contributed by atoms with Crippen molar-refractivity contribution in [1.29, 1.82) is 0 Å². The average Bonchev–Trinajstić information content (AvgIpc) is 2.35. The predicted molar refractivity (Wildman–Crippen MR) is 76.0 cm³/mol. The summed E-state index contributed by atoms with van der Waals surface area (Å²) in [5.41, 5.74) is 7.16. The number of nitrogens with zero attached hydrogens (tertiary/aromatic N) is 1. The molecule has 0 bridgehead atoms. The van der Waals surface area contributed by atoms with E-state index in [0.29, 0.717) is 24.6 Å². The molecular weight excluding hydrogens is 248 g/mol. The second kappa shape index (κ2) is 6.20. The van der Waals surface area contributed by atoms with Gasteiger partial charge in [0.2, 0.25) is 10.0 Å². The molecule has 5 heteroatoms. The zero-order valence-electron chi connectivity index (χ0n) is 11.3. The summed E-state index contributed by atoms with van der Waals surface area (Å²) in [5.74, 6) is 0.553. The molecule has 0 saturated heterocycles. The molecule has 0 aliphatic heterocycles. The third-order valence-electron chi connectivity index (χ3n) is 2.88. The van der Waals surface area contributed by atoms with E-state index >= 15 is 0 Å². The number of hydrogen-bond donors (Lipinski definition) is 1. The van der Waals surface area contributed by atoms with Crippen molar-refractivity contribution in [1.82, 2.24) is 0 Å². The van der Waals surface area contributed by atoms with Crippen LogP contribution in [0, 0.1) is 5.92 Å². The Labute approximate surface area is 110 Å². The van der Waals surface area contributed by atoms with Gasteiger partial charge in [0, 0.05) is 13.6 Å². The van der Waals surface area contributed by atoms with Crippen LogP contribution in [0.1, 0.15) is 25.8 Å². The highest BCUT2D eigenvalue weighted by atomic mass is 32.2. The first-order valence-corrected chi connectivity index (χ1v) is 7.73. The van der Waals surface area contributed by atoms with Gasteiger partial charge < -0.3 is 5.73 Å². The number of benzene rings is 1. The van der Waals surface area contributed by atoms with Crippen molar-refractivity contribution < 1.29 is 8.42 Å². The fourth-order valence-electron chi connectivity index (χ4n) is 1.56. The summed E-state index contributed by atoms with van der Waals surface area (Å²) in [6.45, 7) is 4.45. The number of nitrogens with two attached hydrogens (primary N) is 1. The Morgan fingerprint density at radius 1 is 1.33 bits per heavy atom. The van der Waals surface area contributed by atoms with Crippen LogP contribution in [0.3, 0.4) is 0 Å². The normalized spacial score (nSPS) is 11.8. The first-order valence-electron chi connectivity index (χ1n) is 6.12. The molecule has 0 unspecified atom stereocenters. The summed E-state index contributed by atoms with van der Waals surface area (Å²) in [6, 6.07) is 7.31. The number of rotatable bonds is 6. The van der Waals surface area contributed by atoms with Crippen LogP contribution in [-0.2, 0) is 16.6 Å². The minimum absolute atomic E-state index is 0.175. The highest BCUT2D eigenvalue weighted by Gasteiger charge is 2.18. The molecular formula is C13H22N2O2S. The highest BCUT2D eigenvalue weighted by molar-refractivity contribution is 7.92. The molecule has 0 aliphatic rings. The van der Waals surface area contributed by atoms with Gasteiger partial charge in [-0.3, -0.25) is 4.31 Å². The molecule has 0 aromatic heterocycles. The van der Waals surface area contributed by atoms with Gasteiger partial charge in [-0.25, -0.2) is 8.42 Å². The van der Waals surface area contributed by atoms with Gasteiger partial charge in [-0.15, -0.1) is 0 Å². The van der Waals surface area contributed by atoms with Crippen molar-refractivity contribution in [2.24, 2.45) is 11.7 Å². The summed E-state index contributed by atoms with van der Waals surface area (Å²) in [4.78, 5) is 0. The molecule has 0 heterocycles. The third kappa shape index (κ3) is 3.99. The van der Waals surface area contributed by atoms with Crippen molar-refractivity contribution in [2.75, 3.05) is 17.1 Å². The number of anilines is 1. The van der Waals surface area contributed by atoms with E-state index in [4.69, 9.17) is 5.73 Å². The SMILES string of the molecule is CC(C)CCS(=O)(=O)N(C)c1cccc(CN)c1. The minimum atomic E-state index is -3.24. The standard InChI is InChI=1S/C13H22N2O2S/c1-11(2)7-8-18(16,17)15(3)13-6-4-5-12(9-13)10-14/h4-6,9,11H,7-8,10,14H2,1-3H3. The lowest BCUT2D eigenvalue weighted by Crippen LogP contribution is -2.29. The number of hydrogen-bond acceptors (Lipinski definition) is 3. The summed E-state index contributed by atoms with van der Waals surface area (Å²) in [7, 11) is -1.65. The molecule has 1 aromatic rings. The molecule has 0 saturated carbocycles. The summed E-state index contributed by atoms with van der Waals surface area (Å²) in [6.07, 6.45) is 0.670. The molecule has 1 rings (SSSR count). The molecule has 2 N–H and O–H groups in total. The second-order valence-corrected chi connectivity index (χ2v) is 6.96. The lowest BCUT2D eigenvalue weighted by Gasteiger charge is -2.20. The van der Waals surface area contributed by atoms with Crippen LogP contribution < -0.4 is 10.0 Å². The molecule has 0 aliphatic carbocycles. The van der Waals surface area contributed by atoms with E-state index in [0.717, 1.165) is 5.56 Å². The predicted octanol–water partition coefficient (Wildman–Crippen LogP) is 1.96. The first kappa shape index (κ1) is 15.0. The van der Waals surface area contributed by atoms with Gasteiger partial charge in [0.1, 0.15) is 0 Å². The van der Waals surface area contributed by atoms with E-state index in [1.54, 1.807) is 13.1 Å². The monoisotopic (exact) mass is 270 g/mol. The Kier molecular flexibility index (Phi) is 5.16. The average molecular weight is 270 g/mol. The summed E-state index contributed by atoms with van der Waals surface area (Å²) in [5, 5.41) is 0. The summed E-state index contributed by atoms with van der Waals surface area (Å²) < 4.78 is 25.6. The molecule has 0 fully saturated rings. The maximum atomic E-state index is 12.1. The van der Waals surface area contributed by atoms with Crippen LogP contribution in [0.25, 0.3) is 0 Å². The highest BCUT2D eigenvalue weighted by Crippen LogP contribution is 2.19. The second-order valence-electron chi connectivity index (χ2n) is 4.84. The van der Waals surface area contributed by atoms with Crippen LogP contribution >= 0.6 is 0 Å². The van der Waals surface area contributed by atoms with Crippen molar-refractivity contribution in [2.45, 2.75) is 26.8 Å².